The second-order valence-corrected chi connectivity index (χ2v) is 6.26. The van der Waals surface area contributed by atoms with Gasteiger partial charge in [0.25, 0.3) is 0 Å². The Hall–Kier alpha value is -1.50. The zero-order chi connectivity index (χ0) is 15.7. The third kappa shape index (κ3) is 3.15. The van der Waals surface area contributed by atoms with Crippen LogP contribution >= 0.6 is 0 Å². The third-order valence-electron chi connectivity index (χ3n) is 4.51. The second kappa shape index (κ2) is 5.87. The first-order valence-corrected chi connectivity index (χ1v) is 7.24. The molecular weight excluding hydrogens is 242 g/mol. The van der Waals surface area contributed by atoms with Gasteiger partial charge in [-0.15, -0.1) is 0 Å². The molecule has 110 valence electrons. The molecule has 0 aliphatic heterocycles. The smallest absolute Gasteiger partial charge is 0.0604 e. The molecule has 1 saturated carbocycles. The molecule has 0 N–H and O–H groups in total. The van der Waals surface area contributed by atoms with Gasteiger partial charge in [0.15, 0.2) is 0 Å². The van der Waals surface area contributed by atoms with Gasteiger partial charge >= 0.3 is 0 Å². The molecule has 1 nitrogen and oxygen atoms in total. The van der Waals surface area contributed by atoms with Crippen molar-refractivity contribution in [2.24, 2.45) is 0 Å². The van der Waals surface area contributed by atoms with Crippen LogP contribution in [0.15, 0.2) is 59.4 Å². The van der Waals surface area contributed by atoms with Crippen LogP contribution in [0.25, 0.3) is 0 Å². The van der Waals surface area contributed by atoms with Crippen molar-refractivity contribution in [3.8, 4) is 0 Å². The largest absolute Gasteiger partial charge is 0.368 e. The summed E-state index contributed by atoms with van der Waals surface area (Å²) >= 11 is 0. The Morgan fingerprint density at radius 2 is 1.40 bits per heavy atom. The summed E-state index contributed by atoms with van der Waals surface area (Å²) in [6.07, 6.45) is 4.62. The quantitative estimate of drug-likeness (QED) is 0.462. The van der Waals surface area contributed by atoms with Crippen molar-refractivity contribution < 1.29 is 0 Å². The van der Waals surface area contributed by atoms with Crippen LogP contribution in [0.4, 0.5) is 0 Å². The summed E-state index contributed by atoms with van der Waals surface area (Å²) in [5.74, 6) is 0. The lowest BCUT2D eigenvalue weighted by atomic mass is 9.98. The Balaban J connectivity index is 3.12. The zero-order valence-corrected chi connectivity index (χ0v) is 14.1. The molecule has 0 aromatic rings. The van der Waals surface area contributed by atoms with E-state index in [0.717, 1.165) is 16.7 Å². The molecular formula is C19H29N. The Morgan fingerprint density at radius 3 is 1.70 bits per heavy atom. The van der Waals surface area contributed by atoms with Crippen LogP contribution in [0.5, 0.6) is 0 Å². The van der Waals surface area contributed by atoms with Crippen molar-refractivity contribution in [2.75, 3.05) is 7.05 Å². The normalized spacial score (nSPS) is 16.9. The van der Waals surface area contributed by atoms with Crippen LogP contribution in [-0.4, -0.2) is 17.5 Å². The highest BCUT2D eigenvalue weighted by Crippen LogP contribution is 2.48. The van der Waals surface area contributed by atoms with Gasteiger partial charge in [-0.25, -0.2) is 0 Å². The van der Waals surface area contributed by atoms with Gasteiger partial charge in [0.05, 0.1) is 5.54 Å². The average Bonchev–Trinajstić information content (AvgIpc) is 3.14. The monoisotopic (exact) mass is 271 g/mol. The van der Waals surface area contributed by atoms with E-state index in [4.69, 9.17) is 0 Å². The van der Waals surface area contributed by atoms with E-state index in [0.29, 0.717) is 0 Å². The number of hydrogen-bond acceptors (Lipinski definition) is 1. The van der Waals surface area contributed by atoms with Gasteiger partial charge in [0, 0.05) is 12.7 Å². The van der Waals surface area contributed by atoms with Crippen LogP contribution in [-0.2, 0) is 0 Å². The fourth-order valence-corrected chi connectivity index (χ4v) is 2.68. The standard InChI is InChI=1S/C19H29N/c1-13(2)18(14(3)4)12-16(7)17(8)20(9)19(10-11-19)15(5)6/h12H,1,3,5,10-11H2,2,4,6-9H3/b17-16+. The molecule has 1 aliphatic carbocycles. The Morgan fingerprint density at radius 1 is 0.950 bits per heavy atom. The van der Waals surface area contributed by atoms with Crippen molar-refractivity contribution in [3.63, 3.8) is 0 Å². The van der Waals surface area contributed by atoms with E-state index < -0.39 is 0 Å². The van der Waals surface area contributed by atoms with Crippen LogP contribution in [0, 0.1) is 0 Å². The number of hydrogen-bond donors (Lipinski definition) is 0. The highest BCUT2D eigenvalue weighted by Gasteiger charge is 2.47. The number of nitrogens with zero attached hydrogens (tertiary/aromatic N) is 1. The molecule has 0 spiro atoms. The third-order valence-corrected chi connectivity index (χ3v) is 4.51. The van der Waals surface area contributed by atoms with Gasteiger partial charge in [-0.3, -0.25) is 0 Å². The molecule has 1 fully saturated rings. The van der Waals surface area contributed by atoms with Gasteiger partial charge < -0.3 is 4.90 Å². The molecule has 0 saturated heterocycles. The minimum absolute atomic E-state index is 0.186. The molecule has 0 bridgehead atoms. The van der Waals surface area contributed by atoms with E-state index in [1.807, 2.05) is 13.8 Å². The first-order valence-electron chi connectivity index (χ1n) is 7.24. The fourth-order valence-electron chi connectivity index (χ4n) is 2.68. The van der Waals surface area contributed by atoms with Crippen LogP contribution in [0.1, 0.15) is 47.5 Å². The minimum atomic E-state index is 0.186. The summed E-state index contributed by atoms with van der Waals surface area (Å²) in [5, 5.41) is 0. The van der Waals surface area contributed by atoms with Crippen LogP contribution < -0.4 is 0 Å². The zero-order valence-electron chi connectivity index (χ0n) is 14.1. The average molecular weight is 271 g/mol. The minimum Gasteiger partial charge on any atom is -0.368 e. The lowest BCUT2D eigenvalue weighted by molar-refractivity contribution is 0.319. The molecule has 1 heteroatoms. The Labute approximate surface area is 125 Å². The van der Waals surface area contributed by atoms with E-state index >= 15 is 0 Å². The summed E-state index contributed by atoms with van der Waals surface area (Å²) < 4.78 is 0. The van der Waals surface area contributed by atoms with E-state index in [2.05, 4.69) is 58.5 Å². The van der Waals surface area contributed by atoms with Gasteiger partial charge in [-0.05, 0) is 64.7 Å². The Bertz CT molecular complexity index is 494. The summed E-state index contributed by atoms with van der Waals surface area (Å²) in [7, 11) is 2.18. The van der Waals surface area contributed by atoms with Gasteiger partial charge in [-0.1, -0.05) is 36.5 Å². The molecule has 0 unspecified atom stereocenters. The molecule has 20 heavy (non-hydrogen) atoms. The summed E-state index contributed by atoms with van der Waals surface area (Å²) in [4.78, 5) is 2.38. The van der Waals surface area contributed by atoms with Crippen LogP contribution in [0.2, 0.25) is 0 Å². The second-order valence-electron chi connectivity index (χ2n) is 6.26. The van der Waals surface area contributed by atoms with Gasteiger partial charge in [0.2, 0.25) is 0 Å². The van der Waals surface area contributed by atoms with Crippen molar-refractivity contribution >= 4 is 0 Å². The molecule has 0 heterocycles. The summed E-state index contributed by atoms with van der Waals surface area (Å²) in [6, 6.07) is 0. The van der Waals surface area contributed by atoms with Gasteiger partial charge in [0.1, 0.15) is 0 Å². The summed E-state index contributed by atoms with van der Waals surface area (Å²) in [5.41, 5.74) is 7.28. The highest BCUT2D eigenvalue weighted by atomic mass is 15.2. The molecule has 0 atom stereocenters. The fraction of sp³-hybridized carbons (Fsp3) is 0.474. The van der Waals surface area contributed by atoms with Crippen molar-refractivity contribution in [1.82, 2.24) is 4.90 Å². The SMILES string of the molecule is C=C(C)C(=C/C(C)=C(\C)N(C)C1(C(=C)C)CC1)C(=C)C. The molecule has 0 aromatic heterocycles. The van der Waals surface area contributed by atoms with E-state index in [-0.39, 0.29) is 5.54 Å². The predicted molar refractivity (Wildman–Crippen MR) is 90.6 cm³/mol. The molecule has 1 rings (SSSR count). The topological polar surface area (TPSA) is 3.24 Å². The van der Waals surface area contributed by atoms with Crippen molar-refractivity contribution in [2.45, 2.75) is 53.0 Å². The Kier molecular flexibility index (Phi) is 4.86. The van der Waals surface area contributed by atoms with E-state index in [1.54, 1.807) is 0 Å². The molecule has 0 radical (unpaired) electrons. The number of allylic oxidation sites excluding steroid dienone is 6. The van der Waals surface area contributed by atoms with Crippen molar-refractivity contribution in [3.05, 3.63) is 59.4 Å². The maximum Gasteiger partial charge on any atom is 0.0604 e. The van der Waals surface area contributed by atoms with Gasteiger partial charge in [-0.2, -0.15) is 0 Å². The maximum atomic E-state index is 4.16. The van der Waals surface area contributed by atoms with E-state index in [9.17, 15) is 0 Å². The first kappa shape index (κ1) is 16.6. The lowest BCUT2D eigenvalue weighted by Crippen LogP contribution is -2.33. The van der Waals surface area contributed by atoms with E-state index in [1.165, 1.54) is 29.7 Å². The van der Waals surface area contributed by atoms with Crippen LogP contribution in [0.3, 0.4) is 0 Å². The summed E-state index contributed by atoms with van der Waals surface area (Å²) in [6.45, 7) is 22.8. The first-order chi connectivity index (χ1) is 9.13. The highest BCUT2D eigenvalue weighted by molar-refractivity contribution is 5.46. The maximum absolute atomic E-state index is 4.16. The molecule has 1 aliphatic rings. The molecule has 0 aromatic carbocycles. The lowest BCUT2D eigenvalue weighted by Gasteiger charge is -2.32. The molecule has 0 amide bonds. The van der Waals surface area contributed by atoms with Crippen molar-refractivity contribution in [1.29, 1.82) is 0 Å². The number of likely N-dealkylation sites (N-methyl/N-ethyl adjacent to an activating group) is 1. The predicted octanol–water partition coefficient (Wildman–Crippen LogP) is 5.40. The number of rotatable bonds is 6.